The molecule has 0 N–H and O–H groups in total. The van der Waals surface area contributed by atoms with Crippen LogP contribution in [0.4, 0.5) is 11.4 Å². The SMILES string of the molecule is CC(=O)N1N=C(c2ccc(Cl)cc2)O[C@H]1c1ccc(Oc2ccc([N+](=O)[O-])cc2[N+](=O)[O-])cc1. The number of non-ortho nitro benzene ring substituents is 1. The number of nitro groups is 2. The van der Waals surface area contributed by atoms with Gasteiger partial charge in [0.05, 0.1) is 15.9 Å². The number of halogens is 1. The molecular weight excluding hydrogens is 468 g/mol. The standard InChI is InChI=1S/C22H15ClN4O7/c1-13(28)25-22(34-21(24-25)14-2-6-16(23)7-3-14)15-4-9-18(10-5-15)33-20-11-8-17(26(29)30)12-19(20)27(31)32/h2-12,22H,1H3/t22-/m0/s1. The number of hydrogen-bond donors (Lipinski definition) is 0. The molecule has 0 bridgehead atoms. The Balaban J connectivity index is 1.56. The first-order valence-corrected chi connectivity index (χ1v) is 10.1. The van der Waals surface area contributed by atoms with Crippen LogP contribution in [0.5, 0.6) is 11.5 Å². The highest BCUT2D eigenvalue weighted by Crippen LogP contribution is 2.36. The lowest BCUT2D eigenvalue weighted by molar-refractivity contribution is -0.394. The van der Waals surface area contributed by atoms with Crippen LogP contribution >= 0.6 is 11.6 Å². The first kappa shape index (κ1) is 22.7. The highest BCUT2D eigenvalue weighted by molar-refractivity contribution is 6.30. The van der Waals surface area contributed by atoms with Gasteiger partial charge in [0.25, 0.3) is 5.69 Å². The molecule has 11 nitrogen and oxygen atoms in total. The molecule has 1 aliphatic heterocycles. The molecule has 1 heterocycles. The van der Waals surface area contributed by atoms with E-state index in [9.17, 15) is 25.0 Å². The van der Waals surface area contributed by atoms with Crippen molar-refractivity contribution < 1.29 is 24.1 Å². The van der Waals surface area contributed by atoms with E-state index < -0.39 is 27.4 Å². The smallest absolute Gasteiger partial charge is 0.318 e. The van der Waals surface area contributed by atoms with Crippen molar-refractivity contribution in [1.29, 1.82) is 0 Å². The van der Waals surface area contributed by atoms with Crippen molar-refractivity contribution in [2.75, 3.05) is 0 Å². The van der Waals surface area contributed by atoms with E-state index >= 15 is 0 Å². The third kappa shape index (κ3) is 4.64. The summed E-state index contributed by atoms with van der Waals surface area (Å²) in [6, 6.07) is 16.2. The van der Waals surface area contributed by atoms with Crippen LogP contribution in [0.1, 0.15) is 24.3 Å². The third-order valence-electron chi connectivity index (χ3n) is 4.80. The molecule has 0 radical (unpaired) electrons. The van der Waals surface area contributed by atoms with E-state index in [1.54, 1.807) is 36.4 Å². The van der Waals surface area contributed by atoms with Crippen LogP contribution < -0.4 is 4.74 Å². The fourth-order valence-electron chi connectivity index (χ4n) is 3.17. The van der Waals surface area contributed by atoms with Gasteiger partial charge in [0.15, 0.2) is 0 Å². The van der Waals surface area contributed by atoms with E-state index in [1.807, 2.05) is 0 Å². The number of ether oxygens (including phenoxy) is 2. The van der Waals surface area contributed by atoms with Gasteiger partial charge in [0.2, 0.25) is 23.8 Å². The summed E-state index contributed by atoms with van der Waals surface area (Å²) in [4.78, 5) is 32.8. The summed E-state index contributed by atoms with van der Waals surface area (Å²) in [5.41, 5.74) is 0.256. The Morgan fingerprint density at radius 1 is 1.03 bits per heavy atom. The summed E-state index contributed by atoms with van der Waals surface area (Å²) in [6.07, 6.45) is -0.828. The third-order valence-corrected chi connectivity index (χ3v) is 5.05. The van der Waals surface area contributed by atoms with E-state index in [-0.39, 0.29) is 23.3 Å². The first-order chi connectivity index (χ1) is 16.2. The molecule has 0 spiro atoms. The number of hydrazone groups is 1. The van der Waals surface area contributed by atoms with Gasteiger partial charge in [-0.3, -0.25) is 25.0 Å². The van der Waals surface area contributed by atoms with Crippen LogP contribution in [0.2, 0.25) is 5.02 Å². The Hall–Kier alpha value is -4.51. The topological polar surface area (TPSA) is 137 Å². The Labute approximate surface area is 197 Å². The number of carbonyl (C=O) groups excluding carboxylic acids is 1. The minimum atomic E-state index is -0.828. The number of amides is 1. The van der Waals surface area contributed by atoms with Crippen molar-refractivity contribution in [1.82, 2.24) is 5.01 Å². The van der Waals surface area contributed by atoms with Gasteiger partial charge < -0.3 is 9.47 Å². The van der Waals surface area contributed by atoms with Gasteiger partial charge >= 0.3 is 5.69 Å². The van der Waals surface area contributed by atoms with Crippen molar-refractivity contribution in [2.24, 2.45) is 5.10 Å². The van der Waals surface area contributed by atoms with E-state index in [2.05, 4.69) is 5.10 Å². The number of rotatable bonds is 6. The van der Waals surface area contributed by atoms with Crippen LogP contribution in [0.15, 0.2) is 71.8 Å². The number of nitrogens with zero attached hydrogens (tertiary/aromatic N) is 4. The molecule has 0 aliphatic carbocycles. The maximum Gasteiger partial charge on any atom is 0.318 e. The molecule has 3 aromatic rings. The number of hydrogen-bond acceptors (Lipinski definition) is 8. The van der Waals surface area contributed by atoms with E-state index in [1.165, 1.54) is 24.1 Å². The molecule has 12 heteroatoms. The van der Waals surface area contributed by atoms with Crippen LogP contribution in [-0.4, -0.2) is 26.7 Å². The van der Waals surface area contributed by atoms with Crippen molar-refractivity contribution in [3.63, 3.8) is 0 Å². The highest BCUT2D eigenvalue weighted by atomic mass is 35.5. The maximum absolute atomic E-state index is 12.1. The van der Waals surface area contributed by atoms with Crippen molar-refractivity contribution in [2.45, 2.75) is 13.2 Å². The lowest BCUT2D eigenvalue weighted by atomic mass is 10.2. The van der Waals surface area contributed by atoms with Gasteiger partial charge in [-0.25, -0.2) is 0 Å². The molecule has 0 saturated carbocycles. The van der Waals surface area contributed by atoms with Gasteiger partial charge in [0.1, 0.15) is 5.75 Å². The largest absolute Gasteiger partial charge is 0.450 e. The molecule has 34 heavy (non-hydrogen) atoms. The second-order valence-corrected chi connectivity index (χ2v) is 7.52. The lowest BCUT2D eigenvalue weighted by Gasteiger charge is -2.19. The summed E-state index contributed by atoms with van der Waals surface area (Å²) in [6.45, 7) is 1.36. The summed E-state index contributed by atoms with van der Waals surface area (Å²) in [5, 5.41) is 28.2. The van der Waals surface area contributed by atoms with Gasteiger partial charge in [-0.15, -0.1) is 5.10 Å². The molecule has 1 atom stereocenters. The zero-order chi connectivity index (χ0) is 24.4. The molecule has 4 rings (SSSR count). The summed E-state index contributed by atoms with van der Waals surface area (Å²) in [7, 11) is 0. The summed E-state index contributed by atoms with van der Waals surface area (Å²) < 4.78 is 11.5. The van der Waals surface area contributed by atoms with Gasteiger partial charge in [-0.2, -0.15) is 5.01 Å². The Kier molecular flexibility index (Phi) is 6.11. The average molecular weight is 483 g/mol. The van der Waals surface area contributed by atoms with E-state index in [4.69, 9.17) is 21.1 Å². The Bertz CT molecular complexity index is 1310. The van der Waals surface area contributed by atoms with Crippen LogP contribution in [-0.2, 0) is 9.53 Å². The lowest BCUT2D eigenvalue weighted by Crippen LogP contribution is -2.25. The average Bonchev–Trinajstić information content (AvgIpc) is 3.26. The second kappa shape index (κ2) is 9.16. The monoisotopic (exact) mass is 482 g/mol. The number of carbonyl (C=O) groups is 1. The van der Waals surface area contributed by atoms with Crippen LogP contribution in [0.25, 0.3) is 0 Å². The molecule has 0 saturated heterocycles. The first-order valence-electron chi connectivity index (χ1n) is 9.74. The predicted molar refractivity (Wildman–Crippen MR) is 121 cm³/mol. The van der Waals surface area contributed by atoms with E-state index in [0.717, 1.165) is 18.2 Å². The van der Waals surface area contributed by atoms with Crippen LogP contribution in [0.3, 0.4) is 0 Å². The van der Waals surface area contributed by atoms with Crippen LogP contribution in [0, 0.1) is 20.2 Å². The molecule has 3 aromatic carbocycles. The molecule has 172 valence electrons. The van der Waals surface area contributed by atoms with Crippen molar-refractivity contribution in [3.8, 4) is 11.5 Å². The zero-order valence-corrected chi connectivity index (χ0v) is 18.2. The Morgan fingerprint density at radius 2 is 1.71 bits per heavy atom. The number of nitro benzene ring substituents is 2. The molecule has 0 unspecified atom stereocenters. The maximum atomic E-state index is 12.1. The minimum Gasteiger partial charge on any atom is -0.450 e. The minimum absolute atomic E-state index is 0.154. The fraction of sp³-hybridized carbons (Fsp3) is 0.0909. The summed E-state index contributed by atoms with van der Waals surface area (Å²) in [5.74, 6) is 0.000553. The van der Waals surface area contributed by atoms with Gasteiger partial charge in [-0.1, -0.05) is 11.6 Å². The van der Waals surface area contributed by atoms with Gasteiger partial charge in [-0.05, 0) is 54.6 Å². The molecular formula is C22H15ClN4O7. The second-order valence-electron chi connectivity index (χ2n) is 7.08. The number of benzene rings is 3. The predicted octanol–water partition coefficient (Wildman–Crippen LogP) is 5.19. The molecule has 0 fully saturated rings. The molecule has 1 aliphatic rings. The Morgan fingerprint density at radius 3 is 2.29 bits per heavy atom. The fourth-order valence-corrected chi connectivity index (χ4v) is 3.29. The molecule has 0 aromatic heterocycles. The van der Waals surface area contributed by atoms with E-state index in [0.29, 0.717) is 16.1 Å². The quantitative estimate of drug-likeness (QED) is 0.348. The van der Waals surface area contributed by atoms with Crippen molar-refractivity contribution >= 4 is 34.8 Å². The highest BCUT2D eigenvalue weighted by Gasteiger charge is 2.33. The van der Waals surface area contributed by atoms with Crippen molar-refractivity contribution in [3.05, 3.63) is 103 Å². The normalized spacial score (nSPS) is 14.8. The zero-order valence-electron chi connectivity index (χ0n) is 17.5. The summed E-state index contributed by atoms with van der Waals surface area (Å²) >= 11 is 5.92. The van der Waals surface area contributed by atoms with Gasteiger partial charge in [0, 0.05) is 29.1 Å². The molecule has 1 amide bonds.